The predicted octanol–water partition coefficient (Wildman–Crippen LogP) is 4.98. The molecule has 2 aliphatic heterocycles. The maximum atomic E-state index is 14.7. The van der Waals surface area contributed by atoms with Gasteiger partial charge in [-0.05, 0) is 44.2 Å². The Balaban J connectivity index is 1.30. The lowest BCUT2D eigenvalue weighted by Crippen LogP contribution is -2.46. The normalized spacial score (nSPS) is 17.9. The molecule has 2 aromatic heterocycles. The molecule has 0 aliphatic carbocycles. The molecule has 37 heavy (non-hydrogen) atoms. The van der Waals surface area contributed by atoms with Gasteiger partial charge in [-0.3, -0.25) is 4.79 Å². The molecule has 1 amide bonds. The van der Waals surface area contributed by atoms with Gasteiger partial charge in [0.15, 0.2) is 28.8 Å². The largest absolute Gasteiger partial charge is 0.474 e. The fourth-order valence-corrected chi connectivity index (χ4v) is 3.95. The summed E-state index contributed by atoms with van der Waals surface area (Å²) in [5.41, 5.74) is -0.541. The zero-order valence-electron chi connectivity index (χ0n) is 19.9. The first-order valence-corrected chi connectivity index (χ1v) is 11.5. The lowest BCUT2D eigenvalue weighted by atomic mass is 10.1. The van der Waals surface area contributed by atoms with Crippen LogP contribution in [0.5, 0.6) is 5.75 Å². The number of alkyl halides is 2. The number of rotatable bonds is 5. The van der Waals surface area contributed by atoms with Crippen molar-refractivity contribution in [1.29, 1.82) is 0 Å². The number of piperidine rings is 1. The fourth-order valence-electron chi connectivity index (χ4n) is 3.95. The lowest BCUT2D eigenvalue weighted by molar-refractivity contribution is -0.129. The van der Waals surface area contributed by atoms with Gasteiger partial charge in [0.2, 0.25) is 5.95 Å². The van der Waals surface area contributed by atoms with E-state index in [1.807, 2.05) is 0 Å². The van der Waals surface area contributed by atoms with E-state index in [4.69, 9.17) is 4.74 Å². The van der Waals surface area contributed by atoms with Crippen LogP contribution in [0, 0.1) is 11.6 Å². The minimum absolute atomic E-state index is 0.0231. The number of carbonyl (C=O) groups excluding carboxylic acids is 1. The maximum absolute atomic E-state index is 14.7. The van der Waals surface area contributed by atoms with Crippen LogP contribution in [0.2, 0.25) is 0 Å². The first kappa shape index (κ1) is 24.5. The Morgan fingerprint density at radius 1 is 1.03 bits per heavy atom. The van der Waals surface area contributed by atoms with E-state index >= 15 is 0 Å². The summed E-state index contributed by atoms with van der Waals surface area (Å²) in [6.07, 6.45) is 0.270. The number of aromatic nitrogens is 3. The third-order valence-corrected chi connectivity index (χ3v) is 6.03. The summed E-state index contributed by atoms with van der Waals surface area (Å²) in [6, 6.07) is 7.35. The molecule has 2 aliphatic rings. The number of anilines is 6. The summed E-state index contributed by atoms with van der Waals surface area (Å²) in [4.78, 5) is 25.9. The molecule has 9 nitrogen and oxygen atoms in total. The minimum Gasteiger partial charge on any atom is -0.474 e. The number of nitrogens with one attached hydrogen (secondary N) is 3. The molecule has 0 saturated carbocycles. The van der Waals surface area contributed by atoms with Crippen LogP contribution in [0.1, 0.15) is 26.7 Å². The Morgan fingerprint density at radius 2 is 1.78 bits per heavy atom. The Bertz CT molecular complexity index is 1360. The quantitative estimate of drug-likeness (QED) is 0.407. The van der Waals surface area contributed by atoms with E-state index in [2.05, 4.69) is 30.9 Å². The molecule has 1 fully saturated rings. The highest BCUT2D eigenvalue weighted by atomic mass is 19.3. The number of hydrogen-bond donors (Lipinski definition) is 3. The maximum Gasteiger partial charge on any atom is 0.269 e. The number of halogens is 4. The van der Waals surface area contributed by atoms with Gasteiger partial charge in [-0.2, -0.15) is 4.98 Å². The molecule has 0 bridgehead atoms. The van der Waals surface area contributed by atoms with Gasteiger partial charge in [-0.15, -0.1) is 0 Å². The Kier molecular flexibility index (Phi) is 6.00. The van der Waals surface area contributed by atoms with E-state index in [1.165, 1.54) is 18.2 Å². The second-order valence-electron chi connectivity index (χ2n) is 9.26. The third kappa shape index (κ3) is 5.20. The van der Waals surface area contributed by atoms with E-state index < -0.39 is 23.2 Å². The van der Waals surface area contributed by atoms with E-state index in [0.29, 0.717) is 5.75 Å². The first-order chi connectivity index (χ1) is 17.5. The number of nitrogens with zero attached hydrogens (tertiary/aromatic N) is 4. The van der Waals surface area contributed by atoms with Gasteiger partial charge in [-0.25, -0.2) is 27.5 Å². The van der Waals surface area contributed by atoms with Gasteiger partial charge in [0, 0.05) is 31.6 Å². The minimum atomic E-state index is -2.73. The molecule has 0 atom stereocenters. The molecular formula is C24H23F4N7O2. The summed E-state index contributed by atoms with van der Waals surface area (Å²) in [5, 5.41) is 8.17. The van der Waals surface area contributed by atoms with Crippen molar-refractivity contribution < 1.29 is 27.1 Å². The summed E-state index contributed by atoms with van der Waals surface area (Å²) in [5.74, 6) is -3.97. The van der Waals surface area contributed by atoms with Crippen LogP contribution in [0.4, 0.5) is 52.3 Å². The highest BCUT2D eigenvalue weighted by Crippen LogP contribution is 2.34. The number of fused-ring (bicyclic) bond motifs is 1. The molecule has 1 aromatic carbocycles. The number of amides is 1. The van der Waals surface area contributed by atoms with Crippen LogP contribution >= 0.6 is 0 Å². The van der Waals surface area contributed by atoms with Crippen molar-refractivity contribution >= 4 is 40.7 Å². The molecule has 3 N–H and O–H groups in total. The molecule has 0 spiro atoms. The number of ether oxygens (including phenoxy) is 1. The Morgan fingerprint density at radius 3 is 2.51 bits per heavy atom. The van der Waals surface area contributed by atoms with Crippen molar-refractivity contribution in [1.82, 2.24) is 15.0 Å². The molecule has 0 radical (unpaired) electrons. The number of pyridine rings is 1. The Labute approximate surface area is 209 Å². The number of carbonyl (C=O) groups is 1. The van der Waals surface area contributed by atoms with Gasteiger partial charge >= 0.3 is 0 Å². The summed E-state index contributed by atoms with van der Waals surface area (Å²) in [7, 11) is 0. The summed E-state index contributed by atoms with van der Waals surface area (Å²) in [6.45, 7) is 3.35. The van der Waals surface area contributed by atoms with Crippen LogP contribution in [0.3, 0.4) is 0 Å². The van der Waals surface area contributed by atoms with Crippen LogP contribution < -0.4 is 25.6 Å². The number of benzene rings is 1. The molecule has 13 heteroatoms. The molecule has 5 rings (SSSR count). The molecule has 3 aromatic rings. The average Bonchev–Trinajstić information content (AvgIpc) is 2.83. The Hall–Kier alpha value is -4.16. The van der Waals surface area contributed by atoms with Gasteiger partial charge in [0.05, 0.1) is 11.9 Å². The van der Waals surface area contributed by atoms with Gasteiger partial charge < -0.3 is 25.6 Å². The highest BCUT2D eigenvalue weighted by Gasteiger charge is 2.36. The third-order valence-electron chi connectivity index (χ3n) is 6.03. The molecular weight excluding hydrogens is 494 g/mol. The second kappa shape index (κ2) is 9.05. The monoisotopic (exact) mass is 517 g/mol. The van der Waals surface area contributed by atoms with E-state index in [9.17, 15) is 22.4 Å². The SMILES string of the molecule is CC1(C)Oc2ccc(Nc3nc(Nc4ccc(N5CCC(F)(F)CC5)c(F)c4)ncc3F)nc2NC1=O. The average molecular weight is 517 g/mol. The molecule has 1 saturated heterocycles. The van der Waals surface area contributed by atoms with Gasteiger partial charge in [0.1, 0.15) is 11.6 Å². The van der Waals surface area contributed by atoms with Gasteiger partial charge in [0.25, 0.3) is 11.8 Å². The standard InChI is InChI=1S/C24H23F4N7O2/c1-23(2)21(36)33-20-17(37-23)5-6-18(32-20)31-19-15(26)12-29-22(34-19)30-13-3-4-16(14(25)11-13)35-9-7-24(27,28)8-10-35/h3-6,11-12H,7-10H2,1-2H3,(H3,29,30,31,32,33,34,36). The van der Waals surface area contributed by atoms with E-state index in [-0.39, 0.29) is 66.6 Å². The zero-order chi connectivity index (χ0) is 26.4. The van der Waals surface area contributed by atoms with Crippen LogP contribution in [-0.2, 0) is 4.79 Å². The van der Waals surface area contributed by atoms with Crippen molar-refractivity contribution in [3.8, 4) is 5.75 Å². The summed E-state index contributed by atoms with van der Waals surface area (Å²) < 4.78 is 61.6. The topological polar surface area (TPSA) is 104 Å². The number of hydrogen-bond acceptors (Lipinski definition) is 8. The molecule has 194 valence electrons. The van der Waals surface area contributed by atoms with Crippen molar-refractivity contribution in [3.63, 3.8) is 0 Å². The smallest absolute Gasteiger partial charge is 0.269 e. The molecule has 4 heterocycles. The highest BCUT2D eigenvalue weighted by molar-refractivity contribution is 5.99. The van der Waals surface area contributed by atoms with Crippen molar-refractivity contribution in [2.75, 3.05) is 33.9 Å². The van der Waals surface area contributed by atoms with Crippen molar-refractivity contribution in [2.45, 2.75) is 38.2 Å². The fraction of sp³-hybridized carbons (Fsp3) is 0.333. The van der Waals surface area contributed by atoms with Crippen LogP contribution in [-0.4, -0.2) is 45.5 Å². The second-order valence-corrected chi connectivity index (χ2v) is 9.26. The molecule has 0 unspecified atom stereocenters. The van der Waals surface area contributed by atoms with E-state index in [0.717, 1.165) is 6.20 Å². The van der Waals surface area contributed by atoms with Crippen LogP contribution in [0.15, 0.2) is 36.5 Å². The summed E-state index contributed by atoms with van der Waals surface area (Å²) >= 11 is 0. The van der Waals surface area contributed by atoms with Crippen LogP contribution in [0.25, 0.3) is 0 Å². The van der Waals surface area contributed by atoms with Gasteiger partial charge in [-0.1, -0.05) is 0 Å². The lowest BCUT2D eigenvalue weighted by Gasteiger charge is -2.33. The zero-order valence-corrected chi connectivity index (χ0v) is 19.9. The predicted molar refractivity (Wildman–Crippen MR) is 129 cm³/mol. The van der Waals surface area contributed by atoms with Crippen molar-refractivity contribution in [3.05, 3.63) is 48.2 Å². The van der Waals surface area contributed by atoms with E-state index in [1.54, 1.807) is 30.9 Å². The van der Waals surface area contributed by atoms with Crippen molar-refractivity contribution in [2.24, 2.45) is 0 Å². The first-order valence-electron chi connectivity index (χ1n) is 11.5.